The molecule has 0 aromatic carbocycles. The minimum absolute atomic E-state index is 0.181. The highest BCUT2D eigenvalue weighted by Gasteiger charge is 2.24. The van der Waals surface area contributed by atoms with Gasteiger partial charge in [0.1, 0.15) is 0 Å². The number of aliphatic hydroxyl groups is 1. The average molecular weight is 234 g/mol. The summed E-state index contributed by atoms with van der Waals surface area (Å²) in [4.78, 5) is 6.65. The molecule has 0 amide bonds. The molecule has 0 saturated carbocycles. The monoisotopic (exact) mass is 234 g/mol. The maximum Gasteiger partial charge on any atom is 0.0527 e. The molecule has 1 aromatic heterocycles. The molecule has 2 rings (SSSR count). The second kappa shape index (κ2) is 6.12. The van der Waals surface area contributed by atoms with Crippen LogP contribution in [0, 0.1) is 0 Å². The van der Waals surface area contributed by atoms with Crippen LogP contribution in [0.25, 0.3) is 0 Å². The maximum atomic E-state index is 9.48. The first-order valence-electron chi connectivity index (χ1n) is 6.56. The van der Waals surface area contributed by atoms with Crippen molar-refractivity contribution in [1.29, 1.82) is 0 Å². The molecule has 1 aromatic rings. The normalized spacial score (nSPS) is 22.8. The maximum absolute atomic E-state index is 9.48. The molecule has 2 heterocycles. The fourth-order valence-electron chi connectivity index (χ4n) is 2.67. The minimum Gasteiger partial charge on any atom is -0.393 e. The van der Waals surface area contributed by atoms with Crippen LogP contribution in [0.15, 0.2) is 24.5 Å². The molecular weight excluding hydrogens is 212 g/mol. The number of rotatable bonds is 5. The van der Waals surface area contributed by atoms with E-state index in [0.29, 0.717) is 6.04 Å². The summed E-state index contributed by atoms with van der Waals surface area (Å²) in [6, 6.07) is 4.70. The fraction of sp³-hybridized carbons (Fsp3) is 0.643. The average Bonchev–Trinajstić information content (AvgIpc) is 2.74. The lowest BCUT2D eigenvalue weighted by Gasteiger charge is -2.25. The number of aliphatic hydroxyl groups excluding tert-OH is 1. The third kappa shape index (κ3) is 3.79. The van der Waals surface area contributed by atoms with Gasteiger partial charge in [-0.15, -0.1) is 0 Å². The van der Waals surface area contributed by atoms with E-state index in [1.54, 1.807) is 0 Å². The molecule has 1 aliphatic rings. The Hall–Kier alpha value is -0.930. The zero-order chi connectivity index (χ0) is 12.1. The molecule has 94 valence electrons. The van der Waals surface area contributed by atoms with Gasteiger partial charge in [-0.2, -0.15) is 0 Å². The number of hydrogen-bond acceptors (Lipinski definition) is 3. The van der Waals surface area contributed by atoms with E-state index in [-0.39, 0.29) is 6.10 Å². The molecule has 1 aliphatic heterocycles. The summed E-state index contributed by atoms with van der Waals surface area (Å²) < 4.78 is 0. The van der Waals surface area contributed by atoms with E-state index in [2.05, 4.69) is 16.0 Å². The first-order chi connectivity index (χ1) is 8.25. The van der Waals surface area contributed by atoms with Crippen LogP contribution in [-0.4, -0.2) is 40.2 Å². The van der Waals surface area contributed by atoms with Crippen LogP contribution in [-0.2, 0) is 6.42 Å². The van der Waals surface area contributed by atoms with Crippen LogP contribution in [0.4, 0.5) is 0 Å². The van der Waals surface area contributed by atoms with Crippen LogP contribution < -0.4 is 0 Å². The van der Waals surface area contributed by atoms with Gasteiger partial charge in [0.15, 0.2) is 0 Å². The van der Waals surface area contributed by atoms with E-state index in [1.807, 2.05) is 25.4 Å². The Kier molecular flexibility index (Phi) is 4.51. The highest BCUT2D eigenvalue weighted by molar-refractivity contribution is 5.08. The number of hydrogen-bond donors (Lipinski definition) is 1. The van der Waals surface area contributed by atoms with Gasteiger partial charge in [0.25, 0.3) is 0 Å². The van der Waals surface area contributed by atoms with Crippen molar-refractivity contribution < 1.29 is 5.11 Å². The zero-order valence-electron chi connectivity index (χ0n) is 10.5. The second-order valence-corrected chi connectivity index (χ2v) is 5.03. The van der Waals surface area contributed by atoms with Gasteiger partial charge in [-0.1, -0.05) is 6.07 Å². The largest absolute Gasteiger partial charge is 0.393 e. The van der Waals surface area contributed by atoms with Crippen LogP contribution in [0.1, 0.15) is 31.7 Å². The Morgan fingerprint density at radius 3 is 3.18 bits per heavy atom. The van der Waals surface area contributed by atoms with Crippen molar-refractivity contribution in [3.8, 4) is 0 Å². The van der Waals surface area contributed by atoms with E-state index in [4.69, 9.17) is 0 Å². The van der Waals surface area contributed by atoms with Gasteiger partial charge >= 0.3 is 0 Å². The lowest BCUT2D eigenvalue weighted by molar-refractivity contribution is 0.134. The quantitative estimate of drug-likeness (QED) is 0.845. The van der Waals surface area contributed by atoms with E-state index in [1.165, 1.54) is 24.9 Å². The van der Waals surface area contributed by atoms with Crippen molar-refractivity contribution in [2.24, 2.45) is 0 Å². The van der Waals surface area contributed by atoms with E-state index < -0.39 is 0 Å². The Bertz CT molecular complexity index is 326. The first kappa shape index (κ1) is 12.5. The summed E-state index contributed by atoms with van der Waals surface area (Å²) in [5, 5.41) is 9.48. The molecule has 0 spiro atoms. The minimum atomic E-state index is -0.181. The second-order valence-electron chi connectivity index (χ2n) is 5.03. The summed E-state index contributed by atoms with van der Waals surface area (Å²) in [5.41, 5.74) is 1.30. The van der Waals surface area contributed by atoms with Gasteiger partial charge in [0.05, 0.1) is 6.10 Å². The van der Waals surface area contributed by atoms with Crippen LogP contribution in [0.2, 0.25) is 0 Å². The molecule has 3 heteroatoms. The predicted molar refractivity (Wildman–Crippen MR) is 68.8 cm³/mol. The standard InChI is InChI=1S/C14H22N2O/c1-12(17)10-14-5-3-8-16(14)9-6-13-4-2-7-15-11-13/h2,4,7,11-12,14,17H,3,5-6,8-10H2,1H3. The molecule has 0 radical (unpaired) electrons. The summed E-state index contributed by atoms with van der Waals surface area (Å²) in [6.45, 7) is 4.15. The number of aromatic nitrogens is 1. The van der Waals surface area contributed by atoms with Gasteiger partial charge in [-0.05, 0) is 50.8 Å². The smallest absolute Gasteiger partial charge is 0.0527 e. The predicted octanol–water partition coefficient (Wildman–Crippen LogP) is 1.86. The highest BCUT2D eigenvalue weighted by atomic mass is 16.3. The van der Waals surface area contributed by atoms with Crippen molar-refractivity contribution >= 4 is 0 Å². The van der Waals surface area contributed by atoms with Crippen LogP contribution in [0.3, 0.4) is 0 Å². The first-order valence-corrected chi connectivity index (χ1v) is 6.56. The van der Waals surface area contributed by atoms with Gasteiger partial charge in [-0.25, -0.2) is 0 Å². The lowest BCUT2D eigenvalue weighted by atomic mass is 10.1. The van der Waals surface area contributed by atoms with Crippen molar-refractivity contribution in [1.82, 2.24) is 9.88 Å². The number of pyridine rings is 1. The number of nitrogens with zero attached hydrogens (tertiary/aromatic N) is 2. The van der Waals surface area contributed by atoms with E-state index >= 15 is 0 Å². The fourth-order valence-corrected chi connectivity index (χ4v) is 2.67. The molecule has 1 fully saturated rings. The van der Waals surface area contributed by atoms with Gasteiger partial charge in [0.2, 0.25) is 0 Å². The van der Waals surface area contributed by atoms with Crippen LogP contribution in [0.5, 0.6) is 0 Å². The Labute approximate surface area is 103 Å². The third-order valence-corrected chi connectivity index (χ3v) is 3.52. The zero-order valence-corrected chi connectivity index (χ0v) is 10.5. The summed E-state index contributed by atoms with van der Waals surface area (Å²) in [6.07, 6.45) is 8.05. The SMILES string of the molecule is CC(O)CC1CCCN1CCc1cccnc1. The number of likely N-dealkylation sites (tertiary alicyclic amines) is 1. The van der Waals surface area contributed by atoms with Gasteiger partial charge in [-0.3, -0.25) is 9.88 Å². The Morgan fingerprint density at radius 2 is 2.47 bits per heavy atom. The molecule has 3 nitrogen and oxygen atoms in total. The summed E-state index contributed by atoms with van der Waals surface area (Å²) in [5.74, 6) is 0. The van der Waals surface area contributed by atoms with Gasteiger partial charge in [0, 0.05) is 25.0 Å². The molecule has 0 aliphatic carbocycles. The molecule has 17 heavy (non-hydrogen) atoms. The molecule has 2 unspecified atom stereocenters. The third-order valence-electron chi connectivity index (χ3n) is 3.52. The molecule has 0 bridgehead atoms. The van der Waals surface area contributed by atoms with Crippen LogP contribution >= 0.6 is 0 Å². The molecule has 2 atom stereocenters. The Balaban J connectivity index is 1.82. The van der Waals surface area contributed by atoms with Crippen molar-refractivity contribution in [2.45, 2.75) is 44.8 Å². The molecule has 1 N–H and O–H groups in total. The molecular formula is C14H22N2O. The highest BCUT2D eigenvalue weighted by Crippen LogP contribution is 2.21. The van der Waals surface area contributed by atoms with Crippen molar-refractivity contribution in [2.75, 3.05) is 13.1 Å². The van der Waals surface area contributed by atoms with E-state index in [9.17, 15) is 5.11 Å². The summed E-state index contributed by atoms with van der Waals surface area (Å²) >= 11 is 0. The summed E-state index contributed by atoms with van der Waals surface area (Å²) in [7, 11) is 0. The molecule has 1 saturated heterocycles. The van der Waals surface area contributed by atoms with Crippen molar-refractivity contribution in [3.63, 3.8) is 0 Å². The van der Waals surface area contributed by atoms with Gasteiger partial charge < -0.3 is 5.11 Å². The topological polar surface area (TPSA) is 36.4 Å². The lowest BCUT2D eigenvalue weighted by Crippen LogP contribution is -2.33. The Morgan fingerprint density at radius 1 is 1.59 bits per heavy atom. The van der Waals surface area contributed by atoms with Crippen molar-refractivity contribution in [3.05, 3.63) is 30.1 Å². The van der Waals surface area contributed by atoms with E-state index in [0.717, 1.165) is 19.4 Å².